The fourth-order valence-corrected chi connectivity index (χ4v) is 1.47. The third kappa shape index (κ3) is 2.33. The van der Waals surface area contributed by atoms with E-state index in [4.69, 9.17) is 17.2 Å². The Morgan fingerprint density at radius 2 is 2.06 bits per heavy atom. The van der Waals surface area contributed by atoms with Crippen LogP contribution in [0.2, 0.25) is 0 Å². The zero-order chi connectivity index (χ0) is 12.4. The van der Waals surface area contributed by atoms with Gasteiger partial charge in [-0.2, -0.15) is 4.99 Å². The molecule has 0 saturated carbocycles. The van der Waals surface area contributed by atoms with Crippen molar-refractivity contribution in [2.45, 2.75) is 0 Å². The predicted molar refractivity (Wildman–Crippen MR) is 67.8 cm³/mol. The lowest BCUT2D eigenvalue weighted by Crippen LogP contribution is -2.26. The van der Waals surface area contributed by atoms with Gasteiger partial charge in [0.05, 0.1) is 23.0 Å². The van der Waals surface area contributed by atoms with Gasteiger partial charge < -0.3 is 21.8 Å². The molecule has 0 aliphatic heterocycles. The van der Waals surface area contributed by atoms with Crippen molar-refractivity contribution in [1.29, 1.82) is 0 Å². The van der Waals surface area contributed by atoms with Gasteiger partial charge in [0.25, 0.3) is 0 Å². The smallest absolute Gasteiger partial charge is 0.223 e. The van der Waals surface area contributed by atoms with Crippen LogP contribution in [-0.4, -0.2) is 21.5 Å². The first-order valence-electron chi connectivity index (χ1n) is 4.91. The Labute approximate surface area is 97.7 Å². The second-order valence-electron chi connectivity index (χ2n) is 3.54. The lowest BCUT2D eigenvalue weighted by molar-refractivity contribution is 0.947. The second kappa shape index (κ2) is 4.12. The Balaban J connectivity index is 2.43. The van der Waals surface area contributed by atoms with Crippen LogP contribution in [0.1, 0.15) is 0 Å². The minimum atomic E-state index is -0.118. The van der Waals surface area contributed by atoms with E-state index in [-0.39, 0.29) is 11.9 Å². The number of benzene rings is 1. The van der Waals surface area contributed by atoms with E-state index in [9.17, 15) is 0 Å². The van der Waals surface area contributed by atoms with E-state index >= 15 is 0 Å². The van der Waals surface area contributed by atoms with Crippen LogP contribution in [0, 0.1) is 0 Å². The molecule has 0 amide bonds. The second-order valence-corrected chi connectivity index (χ2v) is 3.54. The molecule has 0 unspecified atom stereocenters. The molecule has 7 heteroatoms. The Hall–Kier alpha value is -2.57. The summed E-state index contributed by atoms with van der Waals surface area (Å²) < 4.78 is 1.89. The quantitative estimate of drug-likeness (QED) is 0.464. The molecule has 2 rings (SSSR count). The zero-order valence-electron chi connectivity index (χ0n) is 9.33. The first-order chi connectivity index (χ1) is 8.06. The fraction of sp³-hybridized carbons (Fsp3) is 0.100. The van der Waals surface area contributed by atoms with Crippen molar-refractivity contribution in [2.75, 3.05) is 0 Å². The molecule has 1 heterocycles. The third-order valence-corrected chi connectivity index (χ3v) is 2.20. The number of fused-ring (bicyclic) bond motifs is 1. The van der Waals surface area contributed by atoms with Crippen molar-refractivity contribution < 1.29 is 0 Å². The van der Waals surface area contributed by atoms with Crippen LogP contribution in [-0.2, 0) is 7.05 Å². The highest BCUT2D eigenvalue weighted by Crippen LogP contribution is 2.19. The van der Waals surface area contributed by atoms with Gasteiger partial charge in [0.1, 0.15) is 0 Å². The maximum absolute atomic E-state index is 5.54. The maximum Gasteiger partial charge on any atom is 0.223 e. The number of hydrogen-bond donors (Lipinski definition) is 3. The van der Waals surface area contributed by atoms with Crippen LogP contribution in [0.25, 0.3) is 11.0 Å². The van der Waals surface area contributed by atoms with E-state index in [1.165, 1.54) is 0 Å². The summed E-state index contributed by atoms with van der Waals surface area (Å²) in [6.07, 6.45) is 1.73. The highest BCUT2D eigenvalue weighted by atomic mass is 15.1. The van der Waals surface area contributed by atoms with E-state index < -0.39 is 0 Å². The average Bonchev–Trinajstić information content (AvgIpc) is 2.59. The summed E-state index contributed by atoms with van der Waals surface area (Å²) in [5.41, 5.74) is 18.5. The van der Waals surface area contributed by atoms with Crippen LogP contribution < -0.4 is 17.2 Å². The number of hydrogen-bond acceptors (Lipinski definition) is 2. The van der Waals surface area contributed by atoms with Crippen LogP contribution in [0.3, 0.4) is 0 Å². The summed E-state index contributed by atoms with van der Waals surface area (Å²) in [4.78, 5) is 11.9. The zero-order valence-corrected chi connectivity index (χ0v) is 9.33. The molecule has 0 aliphatic rings. The Morgan fingerprint density at radius 1 is 1.29 bits per heavy atom. The monoisotopic (exact) mass is 231 g/mol. The van der Waals surface area contributed by atoms with Crippen LogP contribution in [0.5, 0.6) is 0 Å². The standard InChI is InChI=1S/C10H13N7/c1-17-5-14-7-3-2-6(4-8(7)17)15-10(13)16-9(11)12/h2-5H,1H3,(H6,11,12,13,15,16). The normalized spacial score (nSPS) is 11.7. The van der Waals surface area contributed by atoms with Crippen LogP contribution in [0.4, 0.5) is 5.69 Å². The lowest BCUT2D eigenvalue weighted by Gasteiger charge is -1.98. The molecular formula is C10H13N7. The summed E-state index contributed by atoms with van der Waals surface area (Å²) in [5.74, 6) is -0.0978. The molecule has 0 saturated heterocycles. The summed E-state index contributed by atoms with van der Waals surface area (Å²) in [7, 11) is 1.90. The number of aliphatic imine (C=N–C) groups is 2. The molecule has 0 atom stereocenters. The topological polar surface area (TPSA) is 121 Å². The number of guanidine groups is 2. The molecule has 0 fully saturated rings. The molecule has 2 aromatic rings. The number of rotatable bonds is 1. The Kier molecular flexibility index (Phi) is 2.65. The maximum atomic E-state index is 5.54. The summed E-state index contributed by atoms with van der Waals surface area (Å²) in [6, 6.07) is 5.51. The summed E-state index contributed by atoms with van der Waals surface area (Å²) in [6.45, 7) is 0. The van der Waals surface area contributed by atoms with Gasteiger partial charge >= 0.3 is 0 Å². The van der Waals surface area contributed by atoms with Gasteiger partial charge in [0, 0.05) is 7.05 Å². The van der Waals surface area contributed by atoms with Crippen molar-refractivity contribution in [1.82, 2.24) is 9.55 Å². The molecule has 1 aromatic carbocycles. The minimum Gasteiger partial charge on any atom is -0.370 e. The first kappa shape index (κ1) is 10.9. The molecule has 0 spiro atoms. The minimum absolute atomic E-state index is 0.0199. The number of nitrogens with two attached hydrogens (primary N) is 3. The van der Waals surface area contributed by atoms with Crippen molar-refractivity contribution in [3.05, 3.63) is 24.5 Å². The van der Waals surface area contributed by atoms with E-state index in [1.54, 1.807) is 12.4 Å². The number of aryl methyl sites for hydroxylation is 1. The van der Waals surface area contributed by atoms with Crippen LogP contribution >= 0.6 is 0 Å². The van der Waals surface area contributed by atoms with E-state index in [2.05, 4.69) is 15.0 Å². The van der Waals surface area contributed by atoms with Gasteiger partial charge in [-0.05, 0) is 18.2 Å². The molecule has 6 N–H and O–H groups in total. The fourth-order valence-electron chi connectivity index (χ4n) is 1.47. The Bertz CT molecular complexity index is 604. The van der Waals surface area contributed by atoms with E-state index in [0.29, 0.717) is 5.69 Å². The molecule has 0 radical (unpaired) electrons. The average molecular weight is 231 g/mol. The van der Waals surface area contributed by atoms with Gasteiger partial charge in [-0.25, -0.2) is 9.98 Å². The van der Waals surface area contributed by atoms with Crippen LogP contribution in [0.15, 0.2) is 34.5 Å². The van der Waals surface area contributed by atoms with Gasteiger partial charge in [0.2, 0.25) is 5.96 Å². The SMILES string of the molecule is Cn1cnc2ccc(N=C(N)N=C(N)N)cc21. The predicted octanol–water partition coefficient (Wildman–Crippen LogP) is -0.207. The summed E-state index contributed by atoms with van der Waals surface area (Å²) in [5, 5.41) is 0. The molecule has 88 valence electrons. The number of imidazole rings is 1. The van der Waals surface area contributed by atoms with E-state index in [1.807, 2.05) is 23.7 Å². The highest BCUT2D eigenvalue weighted by molar-refractivity contribution is 5.94. The van der Waals surface area contributed by atoms with Gasteiger partial charge in [-0.15, -0.1) is 0 Å². The van der Waals surface area contributed by atoms with Gasteiger partial charge in [0.15, 0.2) is 5.96 Å². The highest BCUT2D eigenvalue weighted by Gasteiger charge is 2.00. The van der Waals surface area contributed by atoms with Crippen molar-refractivity contribution in [3.63, 3.8) is 0 Å². The molecule has 17 heavy (non-hydrogen) atoms. The molecule has 7 nitrogen and oxygen atoms in total. The third-order valence-electron chi connectivity index (χ3n) is 2.20. The Morgan fingerprint density at radius 3 is 2.76 bits per heavy atom. The molecule has 1 aromatic heterocycles. The molecule has 0 aliphatic carbocycles. The van der Waals surface area contributed by atoms with Crippen molar-refractivity contribution in [2.24, 2.45) is 34.2 Å². The van der Waals surface area contributed by atoms with Gasteiger partial charge in [-0.3, -0.25) is 0 Å². The first-order valence-corrected chi connectivity index (χ1v) is 4.91. The van der Waals surface area contributed by atoms with Crippen molar-refractivity contribution >= 4 is 28.6 Å². The van der Waals surface area contributed by atoms with Crippen molar-refractivity contribution in [3.8, 4) is 0 Å². The van der Waals surface area contributed by atoms with Gasteiger partial charge in [-0.1, -0.05) is 0 Å². The number of nitrogens with zero attached hydrogens (tertiary/aromatic N) is 4. The van der Waals surface area contributed by atoms with E-state index in [0.717, 1.165) is 11.0 Å². The lowest BCUT2D eigenvalue weighted by atomic mass is 10.3. The molecule has 0 bridgehead atoms. The largest absolute Gasteiger partial charge is 0.370 e. The molecular weight excluding hydrogens is 218 g/mol. The summed E-state index contributed by atoms with van der Waals surface area (Å²) >= 11 is 0. The number of aromatic nitrogens is 2.